The lowest BCUT2D eigenvalue weighted by Gasteiger charge is -2.07. The summed E-state index contributed by atoms with van der Waals surface area (Å²) in [4.78, 5) is 15.6. The molecule has 0 aliphatic carbocycles. The lowest BCUT2D eigenvalue weighted by atomic mass is 10.1. The van der Waals surface area contributed by atoms with Gasteiger partial charge in [0.25, 0.3) is 5.91 Å². The third-order valence-electron chi connectivity index (χ3n) is 2.45. The maximum Gasteiger partial charge on any atom is 0.256 e. The van der Waals surface area contributed by atoms with Crippen molar-refractivity contribution in [3.8, 4) is 0 Å². The molecule has 1 unspecified atom stereocenters. The standard InChI is InChI=1S/C12H13F2N3O/c1-6(2)15-12-16-10(11(18)17-12)9-7(13)4-3-5-8(9)14/h3-6,10H,1-2H3,(H2,15,16,17,18). The summed E-state index contributed by atoms with van der Waals surface area (Å²) in [6.07, 6.45) is 0. The van der Waals surface area contributed by atoms with Crippen molar-refractivity contribution in [2.24, 2.45) is 4.99 Å². The molecule has 1 heterocycles. The molecule has 0 spiro atoms. The molecule has 0 fully saturated rings. The Morgan fingerprint density at radius 2 is 1.94 bits per heavy atom. The van der Waals surface area contributed by atoms with Crippen LogP contribution in [0.3, 0.4) is 0 Å². The molecule has 6 heteroatoms. The fourth-order valence-electron chi connectivity index (χ4n) is 1.72. The summed E-state index contributed by atoms with van der Waals surface area (Å²) >= 11 is 0. The molecule has 1 aromatic rings. The van der Waals surface area contributed by atoms with Crippen LogP contribution in [0.5, 0.6) is 0 Å². The molecule has 0 radical (unpaired) electrons. The molecule has 0 aromatic heterocycles. The van der Waals surface area contributed by atoms with Crippen molar-refractivity contribution in [2.45, 2.75) is 25.9 Å². The van der Waals surface area contributed by atoms with Gasteiger partial charge in [0, 0.05) is 6.04 Å². The van der Waals surface area contributed by atoms with Crippen molar-refractivity contribution in [2.75, 3.05) is 0 Å². The number of nitrogens with zero attached hydrogens (tertiary/aromatic N) is 1. The van der Waals surface area contributed by atoms with Gasteiger partial charge in [-0.3, -0.25) is 10.1 Å². The molecule has 1 amide bonds. The van der Waals surface area contributed by atoms with Crippen molar-refractivity contribution >= 4 is 11.9 Å². The van der Waals surface area contributed by atoms with Gasteiger partial charge in [0.2, 0.25) is 0 Å². The van der Waals surface area contributed by atoms with Gasteiger partial charge >= 0.3 is 0 Å². The van der Waals surface area contributed by atoms with E-state index in [1.807, 2.05) is 13.8 Å². The molecule has 0 saturated heterocycles. The second-order valence-electron chi connectivity index (χ2n) is 4.30. The first kappa shape index (κ1) is 12.5. The van der Waals surface area contributed by atoms with Crippen molar-refractivity contribution in [1.29, 1.82) is 0 Å². The Hall–Kier alpha value is -1.98. The monoisotopic (exact) mass is 253 g/mol. The molecule has 1 aliphatic heterocycles. The van der Waals surface area contributed by atoms with Gasteiger partial charge in [-0.2, -0.15) is 0 Å². The number of halogens is 2. The van der Waals surface area contributed by atoms with E-state index < -0.39 is 23.6 Å². The van der Waals surface area contributed by atoms with Crippen molar-refractivity contribution in [3.63, 3.8) is 0 Å². The number of hydrogen-bond acceptors (Lipinski definition) is 3. The zero-order valence-electron chi connectivity index (χ0n) is 10.00. The first-order valence-corrected chi connectivity index (χ1v) is 5.58. The molecule has 2 rings (SSSR count). The van der Waals surface area contributed by atoms with Crippen LogP contribution in [0, 0.1) is 11.6 Å². The summed E-state index contributed by atoms with van der Waals surface area (Å²) < 4.78 is 27.1. The molecule has 0 bridgehead atoms. The van der Waals surface area contributed by atoms with Gasteiger partial charge in [0.1, 0.15) is 11.6 Å². The molecular formula is C12H13F2N3O. The third kappa shape index (κ3) is 2.32. The maximum atomic E-state index is 13.6. The average molecular weight is 253 g/mol. The number of rotatable bonds is 2. The van der Waals surface area contributed by atoms with Crippen molar-refractivity contribution in [3.05, 3.63) is 35.4 Å². The quantitative estimate of drug-likeness (QED) is 0.839. The van der Waals surface area contributed by atoms with Crippen molar-refractivity contribution in [1.82, 2.24) is 10.6 Å². The second kappa shape index (κ2) is 4.72. The van der Waals surface area contributed by atoms with Crippen LogP contribution in [0.1, 0.15) is 25.5 Å². The van der Waals surface area contributed by atoms with Gasteiger partial charge in [-0.05, 0) is 26.0 Å². The minimum atomic E-state index is -1.17. The average Bonchev–Trinajstić information content (AvgIpc) is 2.58. The number of benzene rings is 1. The molecular weight excluding hydrogens is 240 g/mol. The third-order valence-corrected chi connectivity index (χ3v) is 2.45. The van der Waals surface area contributed by atoms with Crippen LogP contribution >= 0.6 is 0 Å². The minimum absolute atomic E-state index is 0.0632. The van der Waals surface area contributed by atoms with E-state index in [0.29, 0.717) is 0 Å². The van der Waals surface area contributed by atoms with E-state index in [-0.39, 0.29) is 17.6 Å². The molecule has 1 aliphatic rings. The van der Waals surface area contributed by atoms with Gasteiger partial charge in [0.15, 0.2) is 12.0 Å². The van der Waals surface area contributed by atoms with E-state index in [1.54, 1.807) is 0 Å². The number of nitrogens with one attached hydrogen (secondary N) is 2. The first-order chi connectivity index (χ1) is 8.49. The Kier molecular flexibility index (Phi) is 3.27. The highest BCUT2D eigenvalue weighted by Gasteiger charge is 2.32. The van der Waals surface area contributed by atoms with Crippen LogP contribution in [0.25, 0.3) is 0 Å². The molecule has 2 N–H and O–H groups in total. The predicted octanol–water partition coefficient (Wildman–Crippen LogP) is 1.49. The number of aliphatic imine (C=N–C) groups is 1. The summed E-state index contributed by atoms with van der Waals surface area (Å²) in [7, 11) is 0. The smallest absolute Gasteiger partial charge is 0.256 e. The van der Waals surface area contributed by atoms with Gasteiger partial charge in [-0.1, -0.05) is 6.07 Å². The SMILES string of the molecule is CC(C)NC1=NC(c2c(F)cccc2F)C(=O)N1. The van der Waals surface area contributed by atoms with E-state index >= 15 is 0 Å². The molecule has 96 valence electrons. The number of amides is 1. The highest BCUT2D eigenvalue weighted by molar-refractivity contribution is 6.05. The summed E-state index contributed by atoms with van der Waals surface area (Å²) in [5, 5.41) is 5.34. The first-order valence-electron chi connectivity index (χ1n) is 5.58. The molecule has 1 aromatic carbocycles. The normalized spacial score (nSPS) is 18.8. The zero-order chi connectivity index (χ0) is 13.3. The Labute approximate surface area is 103 Å². The van der Waals surface area contributed by atoms with Gasteiger partial charge in [0.05, 0.1) is 5.56 Å². The topological polar surface area (TPSA) is 53.5 Å². The number of carbonyl (C=O) groups is 1. The summed E-state index contributed by atoms with van der Waals surface area (Å²) in [6.45, 7) is 3.73. The molecule has 1 atom stereocenters. The van der Waals surface area contributed by atoms with E-state index in [9.17, 15) is 13.6 Å². The van der Waals surface area contributed by atoms with Crippen LogP contribution in [-0.2, 0) is 4.79 Å². The summed E-state index contributed by atoms with van der Waals surface area (Å²) in [5.41, 5.74) is -0.324. The fourth-order valence-corrected chi connectivity index (χ4v) is 1.72. The maximum absolute atomic E-state index is 13.6. The number of hydrogen-bond donors (Lipinski definition) is 2. The Morgan fingerprint density at radius 3 is 2.50 bits per heavy atom. The predicted molar refractivity (Wildman–Crippen MR) is 62.9 cm³/mol. The molecule has 0 saturated carbocycles. The lowest BCUT2D eigenvalue weighted by molar-refractivity contribution is -0.120. The van der Waals surface area contributed by atoms with E-state index in [0.717, 1.165) is 12.1 Å². The lowest BCUT2D eigenvalue weighted by Crippen LogP contribution is -2.40. The van der Waals surface area contributed by atoms with Gasteiger partial charge in [-0.25, -0.2) is 13.8 Å². The van der Waals surface area contributed by atoms with Gasteiger partial charge in [-0.15, -0.1) is 0 Å². The summed E-state index contributed by atoms with van der Waals surface area (Å²) in [6, 6.07) is 2.35. The highest BCUT2D eigenvalue weighted by atomic mass is 19.1. The van der Waals surface area contributed by atoms with Crippen LogP contribution in [0.4, 0.5) is 8.78 Å². The number of guanidine groups is 1. The Bertz CT molecular complexity index is 494. The van der Waals surface area contributed by atoms with Crippen LogP contribution < -0.4 is 10.6 Å². The molecule has 4 nitrogen and oxygen atoms in total. The summed E-state index contributed by atoms with van der Waals surface area (Å²) in [5.74, 6) is -1.85. The van der Waals surface area contributed by atoms with Crippen LogP contribution in [0.15, 0.2) is 23.2 Å². The Morgan fingerprint density at radius 1 is 1.33 bits per heavy atom. The van der Waals surface area contributed by atoms with E-state index in [4.69, 9.17) is 0 Å². The second-order valence-corrected chi connectivity index (χ2v) is 4.30. The van der Waals surface area contributed by atoms with Crippen LogP contribution in [0.2, 0.25) is 0 Å². The molecule has 18 heavy (non-hydrogen) atoms. The Balaban J connectivity index is 2.33. The fraction of sp³-hybridized carbons (Fsp3) is 0.333. The highest BCUT2D eigenvalue weighted by Crippen LogP contribution is 2.26. The largest absolute Gasteiger partial charge is 0.354 e. The van der Waals surface area contributed by atoms with E-state index in [2.05, 4.69) is 15.6 Å². The van der Waals surface area contributed by atoms with Crippen LogP contribution in [-0.4, -0.2) is 17.9 Å². The number of carbonyl (C=O) groups excluding carboxylic acids is 1. The van der Waals surface area contributed by atoms with Gasteiger partial charge < -0.3 is 5.32 Å². The van der Waals surface area contributed by atoms with E-state index in [1.165, 1.54) is 6.07 Å². The minimum Gasteiger partial charge on any atom is -0.354 e. The van der Waals surface area contributed by atoms with Crippen molar-refractivity contribution < 1.29 is 13.6 Å². The zero-order valence-corrected chi connectivity index (χ0v) is 10.00.